The van der Waals surface area contributed by atoms with Gasteiger partial charge in [0.05, 0.1) is 12.0 Å². The Bertz CT molecular complexity index is 710. The van der Waals surface area contributed by atoms with E-state index in [1.165, 1.54) is 11.4 Å². The van der Waals surface area contributed by atoms with Crippen LogP contribution in [0.5, 0.6) is 5.75 Å². The van der Waals surface area contributed by atoms with Crippen molar-refractivity contribution in [3.05, 3.63) is 60.7 Å². The van der Waals surface area contributed by atoms with Gasteiger partial charge in [-0.25, -0.2) is 9.56 Å². The molecule has 2 rings (SSSR count). The van der Waals surface area contributed by atoms with Crippen LogP contribution in [-0.4, -0.2) is 22.8 Å². The normalized spacial score (nSPS) is 14.8. The van der Waals surface area contributed by atoms with E-state index in [4.69, 9.17) is 4.52 Å². The fourth-order valence-corrected chi connectivity index (χ4v) is 6.84. The highest BCUT2D eigenvalue weighted by atomic mass is 32.7. The molecule has 0 saturated carbocycles. The lowest BCUT2D eigenvalue weighted by Crippen LogP contribution is -2.20. The smallest absolute Gasteiger partial charge is 0.403 e. The molecule has 0 spiro atoms. The van der Waals surface area contributed by atoms with Crippen molar-refractivity contribution >= 4 is 30.1 Å². The summed E-state index contributed by atoms with van der Waals surface area (Å²) >= 11 is 1.38. The average molecular weight is 376 g/mol. The van der Waals surface area contributed by atoms with Gasteiger partial charge in [0.25, 0.3) is 0 Å². The van der Waals surface area contributed by atoms with Gasteiger partial charge in [0, 0.05) is 11.8 Å². The van der Waals surface area contributed by atoms with Gasteiger partial charge in [0.2, 0.25) is 0 Å². The van der Waals surface area contributed by atoms with E-state index >= 15 is 0 Å². The molecule has 134 valence electrons. The van der Waals surface area contributed by atoms with Crippen LogP contribution in [-0.2, 0) is 4.57 Å². The number of aliphatic imine (C=N–C) groups is 1. The van der Waals surface area contributed by atoms with Crippen LogP contribution in [0.25, 0.3) is 0 Å². The Labute approximate surface area is 154 Å². The van der Waals surface area contributed by atoms with Crippen molar-refractivity contribution in [1.29, 1.82) is 0 Å². The highest BCUT2D eigenvalue weighted by Gasteiger charge is 2.34. The minimum atomic E-state index is -3.16. The van der Waals surface area contributed by atoms with Gasteiger partial charge in [-0.05, 0) is 49.0 Å². The molecular formula is C19H25N2O2PS. The zero-order chi connectivity index (χ0) is 18.1. The first kappa shape index (κ1) is 19.6. The molecule has 0 saturated heterocycles. The lowest BCUT2D eigenvalue weighted by Gasteiger charge is -2.29. The number of rotatable bonds is 9. The molecule has 2 aromatic carbocycles. The predicted molar refractivity (Wildman–Crippen MR) is 109 cm³/mol. The second-order valence-corrected chi connectivity index (χ2v) is 10.2. The van der Waals surface area contributed by atoms with Crippen molar-refractivity contribution in [3.63, 3.8) is 0 Å². The summed E-state index contributed by atoms with van der Waals surface area (Å²) in [7, 11) is 0. The summed E-state index contributed by atoms with van der Waals surface area (Å²) in [6.45, 7) is 3.48. The van der Waals surface area contributed by atoms with Crippen LogP contribution >= 0.6 is 18.1 Å². The third kappa shape index (κ3) is 5.94. The summed E-state index contributed by atoms with van der Waals surface area (Å²) in [6, 6.07) is 18.9. The summed E-state index contributed by atoms with van der Waals surface area (Å²) in [6.07, 6.45) is 2.55. The maximum absolute atomic E-state index is 13.7. The van der Waals surface area contributed by atoms with Gasteiger partial charge in [-0.2, -0.15) is 0 Å². The van der Waals surface area contributed by atoms with Gasteiger partial charge in [-0.15, -0.1) is 0 Å². The lowest BCUT2D eigenvalue weighted by atomic mass is 10.3. The molecule has 0 radical (unpaired) electrons. The SMILES string of the molecule is CCC(C)SP(=O)(Oc1ccccc1)N(C=Nc1ccccc1)CC. The first-order chi connectivity index (χ1) is 12.1. The van der Waals surface area contributed by atoms with Gasteiger partial charge in [-0.3, -0.25) is 4.67 Å². The van der Waals surface area contributed by atoms with Crippen molar-refractivity contribution in [2.75, 3.05) is 6.54 Å². The van der Waals surface area contributed by atoms with Crippen LogP contribution in [0, 0.1) is 0 Å². The first-order valence-corrected chi connectivity index (χ1v) is 11.5. The Kier molecular flexibility index (Phi) is 7.60. The standard InChI is InChI=1S/C19H25N2O2PS/c1-4-17(3)25-24(22,23-19-14-10-7-11-15-19)21(5-2)16-20-18-12-8-6-9-13-18/h6-17H,4-5H2,1-3H3. The van der Waals surface area contributed by atoms with Crippen LogP contribution in [0.1, 0.15) is 27.2 Å². The molecule has 2 atom stereocenters. The molecule has 0 fully saturated rings. The Morgan fingerprint density at radius 3 is 2.28 bits per heavy atom. The van der Waals surface area contributed by atoms with E-state index in [0.717, 1.165) is 12.1 Å². The molecule has 0 aliphatic carbocycles. The molecule has 6 heteroatoms. The Morgan fingerprint density at radius 2 is 1.72 bits per heavy atom. The summed E-state index contributed by atoms with van der Waals surface area (Å²) in [5.74, 6) is 0.605. The molecule has 0 aliphatic rings. The average Bonchev–Trinajstić information content (AvgIpc) is 2.63. The fraction of sp³-hybridized carbons (Fsp3) is 0.316. The largest absolute Gasteiger partial charge is 0.422 e. The molecule has 4 nitrogen and oxygen atoms in total. The second-order valence-electron chi connectivity index (χ2n) is 5.53. The van der Waals surface area contributed by atoms with Crippen molar-refractivity contribution in [3.8, 4) is 5.75 Å². The van der Waals surface area contributed by atoms with Crippen molar-refractivity contribution in [2.24, 2.45) is 4.99 Å². The van der Waals surface area contributed by atoms with E-state index in [9.17, 15) is 4.57 Å². The van der Waals surface area contributed by atoms with Crippen LogP contribution in [0.2, 0.25) is 0 Å². The van der Waals surface area contributed by atoms with E-state index in [-0.39, 0.29) is 5.25 Å². The maximum atomic E-state index is 13.7. The number of hydrogen-bond acceptors (Lipinski definition) is 4. The zero-order valence-electron chi connectivity index (χ0n) is 14.9. The molecule has 2 aromatic rings. The Balaban J connectivity index is 2.27. The summed E-state index contributed by atoms with van der Waals surface area (Å²) in [5.41, 5.74) is 0.820. The van der Waals surface area contributed by atoms with E-state index in [2.05, 4.69) is 18.8 Å². The topological polar surface area (TPSA) is 41.9 Å². The van der Waals surface area contributed by atoms with Gasteiger partial charge < -0.3 is 4.52 Å². The summed E-state index contributed by atoms with van der Waals surface area (Å²) < 4.78 is 21.4. The van der Waals surface area contributed by atoms with Gasteiger partial charge >= 0.3 is 6.72 Å². The maximum Gasteiger partial charge on any atom is 0.403 e. The van der Waals surface area contributed by atoms with Crippen LogP contribution in [0.15, 0.2) is 65.7 Å². The molecule has 0 aromatic heterocycles. The third-order valence-electron chi connectivity index (χ3n) is 3.59. The molecule has 0 aliphatic heterocycles. The van der Waals surface area contributed by atoms with Crippen molar-refractivity contribution in [1.82, 2.24) is 4.67 Å². The molecule has 25 heavy (non-hydrogen) atoms. The van der Waals surface area contributed by atoms with E-state index in [1.807, 2.05) is 67.6 Å². The monoisotopic (exact) mass is 376 g/mol. The van der Waals surface area contributed by atoms with Crippen LogP contribution in [0.4, 0.5) is 5.69 Å². The minimum absolute atomic E-state index is 0.216. The fourth-order valence-electron chi connectivity index (χ4n) is 2.02. The van der Waals surface area contributed by atoms with Crippen LogP contribution < -0.4 is 4.52 Å². The van der Waals surface area contributed by atoms with E-state index < -0.39 is 6.72 Å². The van der Waals surface area contributed by atoms with E-state index in [1.54, 1.807) is 11.0 Å². The molecule has 0 N–H and O–H groups in total. The van der Waals surface area contributed by atoms with Crippen molar-refractivity contribution < 1.29 is 9.09 Å². The zero-order valence-corrected chi connectivity index (χ0v) is 16.6. The van der Waals surface area contributed by atoms with Crippen molar-refractivity contribution in [2.45, 2.75) is 32.4 Å². The lowest BCUT2D eigenvalue weighted by molar-refractivity contribution is 0.449. The van der Waals surface area contributed by atoms with Gasteiger partial charge in [-0.1, -0.05) is 50.2 Å². The first-order valence-electron chi connectivity index (χ1n) is 8.46. The Hall–Kier alpha value is -1.71. The molecule has 0 heterocycles. The second kappa shape index (κ2) is 9.69. The number of para-hydroxylation sites is 2. The van der Waals surface area contributed by atoms with E-state index in [0.29, 0.717) is 12.3 Å². The van der Waals surface area contributed by atoms with Gasteiger partial charge in [0.1, 0.15) is 5.75 Å². The van der Waals surface area contributed by atoms with Gasteiger partial charge in [0.15, 0.2) is 0 Å². The molecule has 2 unspecified atom stereocenters. The molecule has 0 bridgehead atoms. The third-order valence-corrected chi connectivity index (χ3v) is 8.74. The number of nitrogens with zero attached hydrogens (tertiary/aromatic N) is 2. The minimum Gasteiger partial charge on any atom is -0.422 e. The highest BCUT2D eigenvalue weighted by Crippen LogP contribution is 2.63. The number of hydrogen-bond donors (Lipinski definition) is 0. The van der Waals surface area contributed by atoms with Crippen LogP contribution in [0.3, 0.4) is 0 Å². The predicted octanol–water partition coefficient (Wildman–Crippen LogP) is 6.39. The Morgan fingerprint density at radius 1 is 1.12 bits per heavy atom. The summed E-state index contributed by atoms with van der Waals surface area (Å²) in [4.78, 5) is 4.45. The highest BCUT2D eigenvalue weighted by molar-refractivity contribution is 8.56. The quantitative estimate of drug-likeness (QED) is 0.289. The molecular weight excluding hydrogens is 351 g/mol. The molecule has 0 amide bonds. The summed E-state index contributed by atoms with van der Waals surface area (Å²) in [5, 5.41) is 0.216. The number of benzene rings is 2.